The Labute approximate surface area is 199 Å². The molecule has 8 rings (SSSR count). The van der Waals surface area contributed by atoms with Crippen molar-refractivity contribution in [3.8, 4) is 0 Å². The van der Waals surface area contributed by atoms with Crippen LogP contribution in [0.1, 0.15) is 44.9 Å². The minimum absolute atomic E-state index is 0.444. The molecule has 0 amide bonds. The average molecular weight is 472 g/mol. The van der Waals surface area contributed by atoms with Gasteiger partial charge in [0, 0.05) is 29.0 Å². The molecule has 0 unspecified atom stereocenters. The van der Waals surface area contributed by atoms with Crippen LogP contribution >= 0.6 is 11.6 Å². The van der Waals surface area contributed by atoms with E-state index in [9.17, 15) is 0 Å². The zero-order chi connectivity index (χ0) is 22.0. The van der Waals surface area contributed by atoms with Crippen LogP contribution < -0.4 is 15.2 Å². The fourth-order valence-electron chi connectivity index (χ4n) is 7.73. The minimum atomic E-state index is -0.517. The summed E-state index contributed by atoms with van der Waals surface area (Å²) in [6.45, 7) is 4.12. The van der Waals surface area contributed by atoms with Crippen LogP contribution in [0, 0.1) is 23.7 Å². The number of ether oxygens (including phenoxy) is 1. The van der Waals surface area contributed by atoms with Gasteiger partial charge in [0.05, 0.1) is 50.1 Å². The molecule has 0 radical (unpaired) electrons. The molecule has 33 heavy (non-hydrogen) atoms. The van der Waals surface area contributed by atoms with Crippen molar-refractivity contribution >= 4 is 28.2 Å². The van der Waals surface area contributed by atoms with Gasteiger partial charge in [-0.15, -0.1) is 0 Å². The molecule has 0 atom stereocenters. The topological polar surface area (TPSA) is 58.3 Å². The van der Waals surface area contributed by atoms with Crippen molar-refractivity contribution in [1.82, 2.24) is 0 Å². The van der Waals surface area contributed by atoms with Gasteiger partial charge in [-0.3, -0.25) is 0 Å². The molecular formula is C26H34ClN3O3+2. The zero-order valence-electron chi connectivity index (χ0n) is 19.1. The number of rotatable bonds is 4. The summed E-state index contributed by atoms with van der Waals surface area (Å²) in [6.07, 6.45) is 10.3. The number of quaternary nitrogens is 1. The number of hydrogen-bond acceptors (Lipinski definition) is 4. The number of halogens is 1. The highest BCUT2D eigenvalue weighted by Crippen LogP contribution is 2.63. The Kier molecular flexibility index (Phi) is 4.93. The van der Waals surface area contributed by atoms with Gasteiger partial charge < -0.3 is 15.0 Å². The van der Waals surface area contributed by atoms with Crippen LogP contribution in [-0.2, 0) is 14.5 Å². The van der Waals surface area contributed by atoms with E-state index in [0.29, 0.717) is 11.8 Å². The second-order valence-corrected chi connectivity index (χ2v) is 11.6. The Balaban J connectivity index is 0.954. The fraction of sp³-hybridized carbons (Fsp3) is 0.654. The molecule has 6 aliphatic rings. The molecule has 6 nitrogen and oxygen atoms in total. The number of likely N-dealkylation sites (tertiary alicyclic amines) is 1. The smallest absolute Gasteiger partial charge is 0.215 e. The molecule has 2 saturated heterocycles. The predicted octanol–water partition coefficient (Wildman–Crippen LogP) is 3.23. The summed E-state index contributed by atoms with van der Waals surface area (Å²) < 4.78 is 6.85. The van der Waals surface area contributed by atoms with Crippen molar-refractivity contribution in [2.24, 2.45) is 23.7 Å². The molecule has 1 aromatic carbocycles. The van der Waals surface area contributed by atoms with Crippen LogP contribution in [0.25, 0.3) is 10.9 Å². The number of fused-ring (bicyclic) bond motifs is 1. The average Bonchev–Trinajstić information content (AvgIpc) is 3.18. The van der Waals surface area contributed by atoms with Crippen LogP contribution in [0.5, 0.6) is 0 Å². The lowest BCUT2D eigenvalue weighted by Crippen LogP contribution is -3.14. The highest BCUT2D eigenvalue weighted by atomic mass is 35.5. The third-order valence-corrected chi connectivity index (χ3v) is 9.45. The summed E-state index contributed by atoms with van der Waals surface area (Å²) >= 11 is 6.14. The van der Waals surface area contributed by atoms with Crippen molar-refractivity contribution in [2.75, 3.05) is 31.5 Å². The highest BCUT2D eigenvalue weighted by molar-refractivity contribution is 6.31. The van der Waals surface area contributed by atoms with Crippen LogP contribution in [0.3, 0.4) is 0 Å². The van der Waals surface area contributed by atoms with Gasteiger partial charge in [-0.05, 0) is 56.1 Å². The summed E-state index contributed by atoms with van der Waals surface area (Å²) in [6, 6.07) is 8.08. The van der Waals surface area contributed by atoms with E-state index >= 15 is 0 Å². The molecule has 3 N–H and O–H groups in total. The normalized spacial score (nSPS) is 41.4. The van der Waals surface area contributed by atoms with Gasteiger partial charge in [0.1, 0.15) is 0 Å². The molecule has 4 saturated carbocycles. The van der Waals surface area contributed by atoms with Gasteiger partial charge in [-0.1, -0.05) is 11.6 Å². The number of pyridine rings is 1. The van der Waals surface area contributed by atoms with Crippen molar-refractivity contribution in [3.05, 3.63) is 35.5 Å². The summed E-state index contributed by atoms with van der Waals surface area (Å²) in [5.74, 6) is 1.92. The Morgan fingerprint density at radius 1 is 1.00 bits per heavy atom. The molecule has 7 heteroatoms. The lowest BCUT2D eigenvalue weighted by Gasteiger charge is -2.57. The first-order valence-electron chi connectivity index (χ1n) is 12.9. The summed E-state index contributed by atoms with van der Waals surface area (Å²) in [5.41, 5.74) is 2.20. The Morgan fingerprint density at radius 3 is 2.52 bits per heavy atom. The molecule has 2 aromatic rings. The lowest BCUT2D eigenvalue weighted by atomic mass is 9.53. The van der Waals surface area contributed by atoms with Gasteiger partial charge in [0.15, 0.2) is 6.20 Å². The standard InChI is InChI=1S/C26H32ClN3O3/c27-21-1-2-22-23(3-6-28-24(22)16-21)29-7-10-30-8-4-25(5-9-30)31-26(33-32-25)19-12-17-11-18(14-19)15-20(26)13-17/h1-3,6,16-20H,4-5,7-15H2,(H,28,29)/p+2. The van der Waals surface area contributed by atoms with Gasteiger partial charge in [0.25, 0.3) is 0 Å². The maximum Gasteiger partial charge on any atom is 0.215 e. The Hall–Kier alpha value is -1.44. The van der Waals surface area contributed by atoms with Crippen LogP contribution in [-0.4, -0.2) is 37.8 Å². The number of H-pyrrole nitrogens is 1. The number of nitrogens with one attached hydrogen (secondary N) is 3. The number of benzene rings is 1. The number of hydrogen-bond donors (Lipinski definition) is 2. The molecule has 4 aliphatic carbocycles. The van der Waals surface area contributed by atoms with Gasteiger partial charge in [-0.25, -0.2) is 4.98 Å². The highest BCUT2D eigenvalue weighted by Gasteiger charge is 2.67. The third kappa shape index (κ3) is 3.49. The van der Waals surface area contributed by atoms with Crippen molar-refractivity contribution in [1.29, 1.82) is 0 Å². The molecule has 1 aromatic heterocycles. The predicted molar refractivity (Wildman–Crippen MR) is 125 cm³/mol. The van der Waals surface area contributed by atoms with E-state index in [1.807, 2.05) is 18.3 Å². The molecule has 176 valence electrons. The first-order chi connectivity index (χ1) is 16.1. The van der Waals surface area contributed by atoms with Gasteiger partial charge in [-0.2, -0.15) is 9.78 Å². The molecule has 6 fully saturated rings. The number of piperidine rings is 1. The third-order valence-electron chi connectivity index (χ3n) is 9.22. The largest absolute Gasteiger partial charge is 0.379 e. The van der Waals surface area contributed by atoms with Crippen molar-refractivity contribution < 1.29 is 24.4 Å². The second kappa shape index (κ2) is 7.79. The van der Waals surface area contributed by atoms with Crippen LogP contribution in [0.15, 0.2) is 30.5 Å². The first-order valence-corrected chi connectivity index (χ1v) is 13.2. The van der Waals surface area contributed by atoms with E-state index in [4.69, 9.17) is 26.1 Å². The fourth-order valence-corrected chi connectivity index (χ4v) is 7.90. The van der Waals surface area contributed by atoms with Crippen molar-refractivity contribution in [3.63, 3.8) is 0 Å². The van der Waals surface area contributed by atoms with Crippen LogP contribution in [0.2, 0.25) is 5.02 Å². The minimum Gasteiger partial charge on any atom is -0.379 e. The Morgan fingerprint density at radius 2 is 1.76 bits per heavy atom. The SMILES string of the molecule is Clc1ccc2c(NCC[NH+]3CCC4(CC3)OOC3(O4)C4CC5CC(C4)CC3C5)cc[nH+]c2c1. The number of aromatic nitrogens is 1. The molecule has 2 aliphatic heterocycles. The van der Waals surface area contributed by atoms with E-state index in [-0.39, 0.29) is 0 Å². The number of aromatic amines is 1. The molecule has 2 spiro atoms. The quantitative estimate of drug-likeness (QED) is 0.672. The monoisotopic (exact) mass is 471 g/mol. The van der Waals surface area contributed by atoms with E-state index in [0.717, 1.165) is 67.1 Å². The maximum atomic E-state index is 6.85. The molecular weight excluding hydrogens is 438 g/mol. The maximum absolute atomic E-state index is 6.85. The van der Waals surface area contributed by atoms with E-state index in [2.05, 4.69) is 22.4 Å². The summed E-state index contributed by atoms with van der Waals surface area (Å²) in [4.78, 5) is 17.1. The van der Waals surface area contributed by atoms with Crippen LogP contribution in [0.4, 0.5) is 5.69 Å². The zero-order valence-corrected chi connectivity index (χ0v) is 19.8. The Bertz CT molecular complexity index is 1030. The van der Waals surface area contributed by atoms with E-state index in [1.54, 1.807) is 4.90 Å². The summed E-state index contributed by atoms with van der Waals surface area (Å²) in [5, 5.41) is 5.54. The van der Waals surface area contributed by atoms with E-state index < -0.39 is 11.6 Å². The van der Waals surface area contributed by atoms with Crippen molar-refractivity contribution in [2.45, 2.75) is 56.5 Å². The number of anilines is 1. The van der Waals surface area contributed by atoms with E-state index in [1.165, 1.54) is 37.5 Å². The second-order valence-electron chi connectivity index (χ2n) is 11.2. The molecule has 4 bridgehead atoms. The molecule has 3 heterocycles. The first kappa shape index (κ1) is 20.9. The summed E-state index contributed by atoms with van der Waals surface area (Å²) in [7, 11) is 0. The van der Waals surface area contributed by atoms with Gasteiger partial charge in [0.2, 0.25) is 17.1 Å². The lowest BCUT2D eigenvalue weighted by molar-refractivity contribution is -0.907. The van der Waals surface area contributed by atoms with Gasteiger partial charge >= 0.3 is 0 Å².